The van der Waals surface area contributed by atoms with Gasteiger partial charge in [-0.05, 0) is 29.3 Å². The Bertz CT molecular complexity index is 918. The third-order valence-corrected chi connectivity index (χ3v) is 5.13. The van der Waals surface area contributed by atoms with Crippen LogP contribution in [0.4, 0.5) is 0 Å². The Morgan fingerprint density at radius 3 is 2.29 bits per heavy atom. The van der Waals surface area contributed by atoms with Crippen molar-refractivity contribution in [3.63, 3.8) is 0 Å². The van der Waals surface area contributed by atoms with Crippen LogP contribution in [0.1, 0.15) is 21.5 Å². The predicted octanol–water partition coefficient (Wildman–Crippen LogP) is 1.95. The van der Waals surface area contributed by atoms with Gasteiger partial charge in [-0.25, -0.2) is 4.79 Å². The molecule has 0 atom stereocenters. The topological polar surface area (TPSA) is 79.0 Å². The summed E-state index contributed by atoms with van der Waals surface area (Å²) in [6.45, 7) is 3.33. The minimum atomic E-state index is -0.391. The molecule has 1 aliphatic rings. The van der Waals surface area contributed by atoms with E-state index in [-0.39, 0.29) is 11.8 Å². The highest BCUT2D eigenvalue weighted by Gasteiger charge is 2.21. The van der Waals surface area contributed by atoms with E-state index < -0.39 is 5.97 Å². The van der Waals surface area contributed by atoms with Crippen molar-refractivity contribution in [1.29, 1.82) is 0 Å². The molecule has 31 heavy (non-hydrogen) atoms. The number of carbonyl (C=O) groups is 3. The number of amides is 2. The molecule has 0 aliphatic carbocycles. The molecular formula is C24H27N3O4. The molecule has 0 spiro atoms. The Labute approximate surface area is 182 Å². The van der Waals surface area contributed by atoms with Gasteiger partial charge in [0.2, 0.25) is 11.8 Å². The van der Waals surface area contributed by atoms with Gasteiger partial charge in [-0.2, -0.15) is 0 Å². The van der Waals surface area contributed by atoms with E-state index in [2.05, 4.69) is 15.0 Å². The van der Waals surface area contributed by atoms with Crippen molar-refractivity contribution < 1.29 is 19.1 Å². The molecule has 1 N–H and O–H groups in total. The van der Waals surface area contributed by atoms with Crippen LogP contribution in [0.2, 0.25) is 0 Å². The number of hydrogen-bond donors (Lipinski definition) is 1. The van der Waals surface area contributed by atoms with Gasteiger partial charge in [-0.1, -0.05) is 42.5 Å². The van der Waals surface area contributed by atoms with Gasteiger partial charge in [-0.15, -0.1) is 0 Å². The highest BCUT2D eigenvalue weighted by molar-refractivity contribution is 5.92. The summed E-state index contributed by atoms with van der Waals surface area (Å²) in [7, 11) is 1.34. The van der Waals surface area contributed by atoms with Crippen molar-refractivity contribution >= 4 is 23.9 Å². The molecule has 0 aromatic heterocycles. The summed E-state index contributed by atoms with van der Waals surface area (Å²) in [5, 5.41) is 2.93. The number of ether oxygens (including phenoxy) is 1. The molecule has 7 nitrogen and oxygen atoms in total. The van der Waals surface area contributed by atoms with Crippen LogP contribution in [0, 0.1) is 0 Å². The van der Waals surface area contributed by atoms with Crippen LogP contribution in [0.25, 0.3) is 6.08 Å². The quantitative estimate of drug-likeness (QED) is 0.546. The van der Waals surface area contributed by atoms with Crippen molar-refractivity contribution in [1.82, 2.24) is 15.1 Å². The first-order valence-electron chi connectivity index (χ1n) is 10.2. The van der Waals surface area contributed by atoms with Gasteiger partial charge in [0.15, 0.2) is 0 Å². The van der Waals surface area contributed by atoms with Gasteiger partial charge in [0.1, 0.15) is 0 Å². The van der Waals surface area contributed by atoms with Gasteiger partial charge in [0, 0.05) is 38.8 Å². The zero-order chi connectivity index (χ0) is 22.1. The fourth-order valence-corrected chi connectivity index (χ4v) is 3.30. The summed E-state index contributed by atoms with van der Waals surface area (Å²) < 4.78 is 4.67. The molecule has 0 saturated carbocycles. The van der Waals surface area contributed by atoms with Gasteiger partial charge in [-0.3, -0.25) is 14.5 Å². The first-order chi connectivity index (χ1) is 15.0. The molecule has 1 aliphatic heterocycles. The predicted molar refractivity (Wildman–Crippen MR) is 118 cm³/mol. The van der Waals surface area contributed by atoms with Gasteiger partial charge in [0.05, 0.1) is 19.2 Å². The minimum absolute atomic E-state index is 0.0149. The monoisotopic (exact) mass is 421 g/mol. The highest BCUT2D eigenvalue weighted by atomic mass is 16.5. The number of esters is 1. The number of benzene rings is 2. The Kier molecular flexibility index (Phi) is 7.95. The highest BCUT2D eigenvalue weighted by Crippen LogP contribution is 2.09. The Morgan fingerprint density at radius 2 is 1.65 bits per heavy atom. The van der Waals surface area contributed by atoms with Crippen molar-refractivity contribution in [3.8, 4) is 0 Å². The Morgan fingerprint density at radius 1 is 0.968 bits per heavy atom. The lowest BCUT2D eigenvalue weighted by Gasteiger charge is -2.33. The van der Waals surface area contributed by atoms with Crippen molar-refractivity contribution in [2.75, 3.05) is 39.8 Å². The molecule has 3 rings (SSSR count). The smallest absolute Gasteiger partial charge is 0.337 e. The lowest BCUT2D eigenvalue weighted by Crippen LogP contribution is -2.50. The second-order valence-corrected chi connectivity index (χ2v) is 7.31. The van der Waals surface area contributed by atoms with Crippen LogP contribution in [0.3, 0.4) is 0 Å². The van der Waals surface area contributed by atoms with Crippen LogP contribution in [-0.2, 0) is 20.9 Å². The summed E-state index contributed by atoms with van der Waals surface area (Å²) in [6, 6.07) is 16.7. The first-order valence-corrected chi connectivity index (χ1v) is 10.2. The summed E-state index contributed by atoms with van der Waals surface area (Å²) in [4.78, 5) is 39.9. The standard InChI is InChI=1S/C24H27N3O4/c1-31-24(30)21-10-7-19(8-11-21)9-12-23(29)27-15-13-26(14-16-27)18-22(28)25-17-20-5-3-2-4-6-20/h2-12H,13-18H2,1H3,(H,25,28)/b12-9+. The number of hydrogen-bond acceptors (Lipinski definition) is 5. The maximum atomic E-state index is 12.4. The third kappa shape index (κ3) is 6.79. The SMILES string of the molecule is COC(=O)c1ccc(/C=C/C(=O)N2CCN(CC(=O)NCc3ccccc3)CC2)cc1. The second kappa shape index (κ2) is 11.1. The number of methoxy groups -OCH3 is 1. The third-order valence-electron chi connectivity index (χ3n) is 5.13. The molecule has 0 radical (unpaired) electrons. The van der Waals surface area contributed by atoms with Crippen molar-refractivity contribution in [2.24, 2.45) is 0 Å². The number of nitrogens with one attached hydrogen (secondary N) is 1. The number of piperazine rings is 1. The lowest BCUT2D eigenvalue weighted by molar-refractivity contribution is -0.128. The van der Waals surface area contributed by atoms with Gasteiger partial charge >= 0.3 is 5.97 Å². The first kappa shape index (κ1) is 22.2. The van der Waals surface area contributed by atoms with Crippen LogP contribution in [-0.4, -0.2) is 67.4 Å². The molecule has 0 bridgehead atoms. The van der Waals surface area contributed by atoms with E-state index in [1.165, 1.54) is 13.2 Å². The van der Waals surface area contributed by atoms with Crippen LogP contribution >= 0.6 is 0 Å². The zero-order valence-corrected chi connectivity index (χ0v) is 17.6. The molecule has 2 aromatic carbocycles. The van der Waals surface area contributed by atoms with E-state index in [4.69, 9.17) is 0 Å². The Hall–Kier alpha value is -3.45. The number of carbonyl (C=O) groups excluding carboxylic acids is 3. The minimum Gasteiger partial charge on any atom is -0.465 e. The van der Waals surface area contributed by atoms with E-state index in [1.807, 2.05) is 30.3 Å². The van der Waals surface area contributed by atoms with Crippen LogP contribution < -0.4 is 5.32 Å². The van der Waals surface area contributed by atoms with E-state index >= 15 is 0 Å². The van der Waals surface area contributed by atoms with E-state index in [1.54, 1.807) is 35.2 Å². The summed E-state index contributed by atoms with van der Waals surface area (Å²) in [6.07, 6.45) is 3.27. The lowest BCUT2D eigenvalue weighted by atomic mass is 10.1. The Balaban J connectivity index is 1.40. The van der Waals surface area contributed by atoms with E-state index in [0.29, 0.717) is 44.8 Å². The van der Waals surface area contributed by atoms with E-state index in [9.17, 15) is 14.4 Å². The molecule has 162 valence electrons. The summed E-state index contributed by atoms with van der Waals surface area (Å²) >= 11 is 0. The van der Waals surface area contributed by atoms with E-state index in [0.717, 1.165) is 11.1 Å². The average Bonchev–Trinajstić information content (AvgIpc) is 2.82. The molecule has 2 aromatic rings. The van der Waals surface area contributed by atoms with Crippen molar-refractivity contribution in [2.45, 2.75) is 6.54 Å². The normalized spacial score (nSPS) is 14.4. The molecule has 1 saturated heterocycles. The van der Waals surface area contributed by atoms with Gasteiger partial charge < -0.3 is 15.0 Å². The van der Waals surface area contributed by atoms with Crippen LogP contribution in [0.15, 0.2) is 60.7 Å². The fourth-order valence-electron chi connectivity index (χ4n) is 3.30. The molecule has 1 heterocycles. The summed E-state index contributed by atoms with van der Waals surface area (Å²) in [5.41, 5.74) is 2.36. The molecule has 7 heteroatoms. The molecule has 1 fully saturated rings. The largest absolute Gasteiger partial charge is 0.465 e. The maximum absolute atomic E-state index is 12.4. The van der Waals surface area contributed by atoms with Crippen molar-refractivity contribution in [3.05, 3.63) is 77.4 Å². The number of nitrogens with zero attached hydrogens (tertiary/aromatic N) is 2. The zero-order valence-electron chi connectivity index (χ0n) is 17.6. The second-order valence-electron chi connectivity index (χ2n) is 7.31. The molecular weight excluding hydrogens is 394 g/mol. The molecule has 2 amide bonds. The molecule has 0 unspecified atom stereocenters. The van der Waals surface area contributed by atoms with Gasteiger partial charge in [0.25, 0.3) is 0 Å². The van der Waals surface area contributed by atoms with Crippen LogP contribution in [0.5, 0.6) is 0 Å². The fraction of sp³-hybridized carbons (Fsp3) is 0.292. The maximum Gasteiger partial charge on any atom is 0.337 e. The summed E-state index contributed by atoms with van der Waals surface area (Å²) in [5.74, 6) is -0.470. The average molecular weight is 421 g/mol. The number of rotatable bonds is 7.